The topological polar surface area (TPSA) is 54.9 Å². The molecule has 0 bridgehead atoms. The van der Waals surface area contributed by atoms with Gasteiger partial charge in [0, 0.05) is 34.0 Å². The maximum atomic E-state index is 12.0. The highest BCUT2D eigenvalue weighted by Crippen LogP contribution is 2.30. The van der Waals surface area contributed by atoms with Gasteiger partial charge in [-0.05, 0) is 24.6 Å². The maximum absolute atomic E-state index is 12.0. The van der Waals surface area contributed by atoms with Gasteiger partial charge in [0.1, 0.15) is 16.2 Å². The van der Waals surface area contributed by atoms with Gasteiger partial charge in [-0.1, -0.05) is 29.8 Å². The minimum atomic E-state index is 0.00854. The molecule has 3 rings (SSSR count). The van der Waals surface area contributed by atoms with Crippen molar-refractivity contribution < 1.29 is 4.79 Å². The quantitative estimate of drug-likeness (QED) is 0.509. The van der Waals surface area contributed by atoms with Crippen LogP contribution < -0.4 is 5.32 Å². The first-order valence-electron chi connectivity index (χ1n) is 7.47. The van der Waals surface area contributed by atoms with Crippen LogP contribution in [-0.4, -0.2) is 21.6 Å². The van der Waals surface area contributed by atoms with Gasteiger partial charge in [0.25, 0.3) is 0 Å². The number of halogens is 1. The van der Waals surface area contributed by atoms with E-state index in [-0.39, 0.29) is 5.91 Å². The molecule has 4 nitrogen and oxygen atoms in total. The molecular formula is C17H16ClN3OS2. The number of carbonyl (C=O) groups is 1. The summed E-state index contributed by atoms with van der Waals surface area (Å²) in [5, 5.41) is 5.57. The highest BCUT2D eigenvalue weighted by Gasteiger charge is 2.09. The van der Waals surface area contributed by atoms with Crippen LogP contribution in [0.4, 0.5) is 0 Å². The lowest BCUT2D eigenvalue weighted by Crippen LogP contribution is -2.23. The van der Waals surface area contributed by atoms with Gasteiger partial charge < -0.3 is 5.32 Å². The molecule has 0 saturated heterocycles. The van der Waals surface area contributed by atoms with Crippen LogP contribution >= 0.6 is 34.7 Å². The average Bonchev–Trinajstić information content (AvgIpc) is 2.95. The van der Waals surface area contributed by atoms with Crippen LogP contribution in [0.15, 0.2) is 41.7 Å². The highest BCUT2D eigenvalue weighted by atomic mass is 35.5. The molecular weight excluding hydrogens is 362 g/mol. The molecule has 0 unspecified atom stereocenters. The molecule has 7 heteroatoms. The van der Waals surface area contributed by atoms with Crippen LogP contribution in [0.1, 0.15) is 16.9 Å². The molecule has 1 aromatic carbocycles. The molecule has 1 amide bonds. The van der Waals surface area contributed by atoms with E-state index in [2.05, 4.69) is 28.3 Å². The van der Waals surface area contributed by atoms with Gasteiger partial charge in [-0.15, -0.1) is 23.1 Å². The third kappa shape index (κ3) is 4.26. The van der Waals surface area contributed by atoms with E-state index in [0.29, 0.717) is 23.7 Å². The number of fused-ring (bicyclic) bond motifs is 1. The second kappa shape index (κ2) is 7.96. The van der Waals surface area contributed by atoms with Gasteiger partial charge in [-0.3, -0.25) is 4.79 Å². The summed E-state index contributed by atoms with van der Waals surface area (Å²) in [6.07, 6.45) is 2.02. The minimum Gasteiger partial charge on any atom is -0.352 e. The Bertz CT molecular complexity index is 866. The highest BCUT2D eigenvalue weighted by molar-refractivity contribution is 7.99. The molecule has 0 atom stereocenters. The number of rotatable bonds is 6. The van der Waals surface area contributed by atoms with E-state index < -0.39 is 0 Å². The van der Waals surface area contributed by atoms with Crippen molar-refractivity contribution in [2.75, 3.05) is 5.75 Å². The first-order valence-corrected chi connectivity index (χ1v) is 9.65. The summed E-state index contributed by atoms with van der Waals surface area (Å²) < 4.78 is 0. The second-order valence-electron chi connectivity index (χ2n) is 5.22. The van der Waals surface area contributed by atoms with Crippen LogP contribution in [0.2, 0.25) is 5.02 Å². The molecule has 1 N–H and O–H groups in total. The molecule has 0 spiro atoms. The number of thioether (sulfide) groups is 1. The van der Waals surface area contributed by atoms with Crippen molar-refractivity contribution in [3.8, 4) is 0 Å². The van der Waals surface area contributed by atoms with Crippen molar-refractivity contribution in [2.24, 2.45) is 0 Å². The zero-order chi connectivity index (χ0) is 16.9. The fourth-order valence-electron chi connectivity index (χ4n) is 2.23. The molecule has 3 aromatic rings. The van der Waals surface area contributed by atoms with E-state index >= 15 is 0 Å². The number of aromatic nitrogens is 2. The van der Waals surface area contributed by atoms with Crippen molar-refractivity contribution in [2.45, 2.75) is 24.9 Å². The van der Waals surface area contributed by atoms with Gasteiger partial charge in [0.05, 0.1) is 0 Å². The number of thiophene rings is 1. The Morgan fingerprint density at radius 3 is 3.00 bits per heavy atom. The molecule has 124 valence electrons. The molecule has 0 aliphatic rings. The minimum absolute atomic E-state index is 0.00854. The zero-order valence-electron chi connectivity index (χ0n) is 13.1. The summed E-state index contributed by atoms with van der Waals surface area (Å²) in [5.74, 6) is 0.684. The van der Waals surface area contributed by atoms with Crippen molar-refractivity contribution in [1.82, 2.24) is 15.3 Å². The lowest BCUT2D eigenvalue weighted by molar-refractivity contribution is -0.120. The SMILES string of the molecule is Cc1cc2c(SCCC(=O)NCc3ccccc3Cl)ncnc2s1. The summed E-state index contributed by atoms with van der Waals surface area (Å²) >= 11 is 9.32. The Morgan fingerprint density at radius 1 is 1.33 bits per heavy atom. The summed E-state index contributed by atoms with van der Waals surface area (Å²) in [5.41, 5.74) is 0.923. The fourth-order valence-corrected chi connectivity index (χ4v) is 4.26. The van der Waals surface area contributed by atoms with Crippen molar-refractivity contribution >= 4 is 50.8 Å². The zero-order valence-corrected chi connectivity index (χ0v) is 15.5. The number of aryl methyl sites for hydroxylation is 1. The Morgan fingerprint density at radius 2 is 2.17 bits per heavy atom. The number of hydrogen-bond acceptors (Lipinski definition) is 5. The molecule has 2 aromatic heterocycles. The third-order valence-electron chi connectivity index (χ3n) is 3.42. The van der Waals surface area contributed by atoms with E-state index in [1.165, 1.54) is 4.88 Å². The molecule has 0 aliphatic carbocycles. The number of amides is 1. The first kappa shape index (κ1) is 17.2. The molecule has 0 saturated carbocycles. The van der Waals surface area contributed by atoms with E-state index in [4.69, 9.17) is 11.6 Å². The summed E-state index contributed by atoms with van der Waals surface area (Å²) in [6, 6.07) is 9.61. The molecule has 0 fully saturated rings. The lowest BCUT2D eigenvalue weighted by atomic mass is 10.2. The summed E-state index contributed by atoms with van der Waals surface area (Å²) in [7, 11) is 0. The van der Waals surface area contributed by atoms with Crippen molar-refractivity contribution in [3.63, 3.8) is 0 Å². The van der Waals surface area contributed by atoms with Crippen LogP contribution in [0.5, 0.6) is 0 Å². The van der Waals surface area contributed by atoms with Crippen LogP contribution in [0.3, 0.4) is 0 Å². The number of hydrogen-bond donors (Lipinski definition) is 1. The lowest BCUT2D eigenvalue weighted by Gasteiger charge is -2.07. The predicted octanol–water partition coefficient (Wildman–Crippen LogP) is 4.45. The van der Waals surface area contributed by atoms with Gasteiger partial charge in [-0.25, -0.2) is 9.97 Å². The largest absolute Gasteiger partial charge is 0.352 e. The summed E-state index contributed by atoms with van der Waals surface area (Å²) in [6.45, 7) is 2.51. The van der Waals surface area contributed by atoms with Gasteiger partial charge in [0.15, 0.2) is 0 Å². The standard InChI is InChI=1S/C17H16ClN3OS2/c1-11-8-13-16(20-10-21-17(13)24-11)23-7-6-15(22)19-9-12-4-2-3-5-14(12)18/h2-5,8,10H,6-7,9H2,1H3,(H,19,22). The molecule has 24 heavy (non-hydrogen) atoms. The Hall–Kier alpha value is -1.63. The van der Waals surface area contributed by atoms with Crippen molar-refractivity contribution in [3.05, 3.63) is 52.1 Å². The number of carbonyl (C=O) groups excluding carboxylic acids is 1. The van der Waals surface area contributed by atoms with Crippen LogP contribution in [0, 0.1) is 6.92 Å². The van der Waals surface area contributed by atoms with E-state index in [1.807, 2.05) is 24.3 Å². The molecule has 2 heterocycles. The van der Waals surface area contributed by atoms with Crippen LogP contribution in [-0.2, 0) is 11.3 Å². The molecule has 0 radical (unpaired) electrons. The number of nitrogens with one attached hydrogen (secondary N) is 1. The second-order valence-corrected chi connectivity index (χ2v) is 7.95. The Balaban J connectivity index is 1.50. The monoisotopic (exact) mass is 377 g/mol. The van der Waals surface area contributed by atoms with E-state index in [9.17, 15) is 4.79 Å². The first-order chi connectivity index (χ1) is 11.6. The van der Waals surface area contributed by atoms with Crippen molar-refractivity contribution in [1.29, 1.82) is 0 Å². The Labute approximate surface area is 153 Å². The van der Waals surface area contributed by atoms with E-state index in [1.54, 1.807) is 29.4 Å². The fraction of sp³-hybridized carbons (Fsp3) is 0.235. The van der Waals surface area contributed by atoms with Crippen LogP contribution in [0.25, 0.3) is 10.2 Å². The maximum Gasteiger partial charge on any atom is 0.221 e. The molecule has 0 aliphatic heterocycles. The smallest absolute Gasteiger partial charge is 0.221 e. The van der Waals surface area contributed by atoms with Gasteiger partial charge >= 0.3 is 0 Å². The van der Waals surface area contributed by atoms with Gasteiger partial charge in [-0.2, -0.15) is 0 Å². The predicted molar refractivity (Wildman–Crippen MR) is 101 cm³/mol. The number of nitrogens with zero attached hydrogens (tertiary/aromatic N) is 2. The van der Waals surface area contributed by atoms with E-state index in [0.717, 1.165) is 20.8 Å². The third-order valence-corrected chi connectivity index (χ3v) is 5.75. The number of benzene rings is 1. The normalized spacial score (nSPS) is 10.9. The van der Waals surface area contributed by atoms with Gasteiger partial charge in [0.2, 0.25) is 5.91 Å². The summed E-state index contributed by atoms with van der Waals surface area (Å²) in [4.78, 5) is 22.8. The Kier molecular flexibility index (Phi) is 5.71. The average molecular weight is 378 g/mol.